The van der Waals surface area contributed by atoms with Crippen molar-refractivity contribution in [3.05, 3.63) is 64.0 Å². The number of H-pyrrole nitrogens is 1. The minimum absolute atomic E-state index is 0.253. The summed E-state index contributed by atoms with van der Waals surface area (Å²) in [6.45, 7) is 0. The molecule has 0 saturated carbocycles. The van der Waals surface area contributed by atoms with E-state index in [1.807, 2.05) is 12.1 Å². The van der Waals surface area contributed by atoms with Gasteiger partial charge in [-0.2, -0.15) is 0 Å². The molecule has 0 saturated heterocycles. The van der Waals surface area contributed by atoms with E-state index in [0.717, 1.165) is 5.52 Å². The molecule has 106 valence electrons. The normalized spacial score (nSPS) is 10.8. The molecule has 2 aromatic carbocycles. The summed E-state index contributed by atoms with van der Waals surface area (Å²) in [5.41, 5.74) is 1.56. The van der Waals surface area contributed by atoms with Crippen LogP contribution in [0.2, 0.25) is 0 Å². The zero-order valence-electron chi connectivity index (χ0n) is 11.1. The number of methoxy groups -OCH3 is 1. The molecule has 0 aliphatic rings. The highest BCUT2D eigenvalue weighted by molar-refractivity contribution is 9.10. The van der Waals surface area contributed by atoms with Crippen LogP contribution in [-0.4, -0.2) is 17.9 Å². The summed E-state index contributed by atoms with van der Waals surface area (Å²) < 4.78 is 19.2. The number of halogens is 2. The van der Waals surface area contributed by atoms with Crippen molar-refractivity contribution in [1.82, 2.24) is 4.98 Å². The van der Waals surface area contributed by atoms with Gasteiger partial charge in [-0.05, 0) is 46.3 Å². The molecule has 3 rings (SSSR count). The van der Waals surface area contributed by atoms with Gasteiger partial charge in [0.2, 0.25) is 0 Å². The second-order valence-corrected chi connectivity index (χ2v) is 5.40. The third kappa shape index (κ3) is 2.34. The van der Waals surface area contributed by atoms with Crippen LogP contribution >= 0.6 is 15.9 Å². The summed E-state index contributed by atoms with van der Waals surface area (Å²) in [4.78, 5) is 15.6. The summed E-state index contributed by atoms with van der Waals surface area (Å²) in [5.74, 6) is -0.112. The van der Waals surface area contributed by atoms with Crippen molar-refractivity contribution in [3.8, 4) is 5.75 Å². The molecule has 1 N–H and O–H groups in total. The lowest BCUT2D eigenvalue weighted by atomic mass is 10.0. The molecule has 0 aliphatic heterocycles. The number of fused-ring (bicyclic) bond motifs is 1. The molecule has 0 spiro atoms. The number of hydrogen-bond acceptors (Lipinski definition) is 2. The predicted molar refractivity (Wildman–Crippen MR) is 82.4 cm³/mol. The minimum atomic E-state index is -0.465. The van der Waals surface area contributed by atoms with Gasteiger partial charge in [0, 0.05) is 17.3 Å². The Bertz CT molecular complexity index is 841. The number of hydrogen-bond donors (Lipinski definition) is 1. The van der Waals surface area contributed by atoms with Crippen molar-refractivity contribution in [1.29, 1.82) is 0 Å². The van der Waals surface area contributed by atoms with Crippen molar-refractivity contribution in [2.45, 2.75) is 0 Å². The fraction of sp³-hybridized carbons (Fsp3) is 0.0625. The number of benzene rings is 2. The van der Waals surface area contributed by atoms with Crippen LogP contribution in [0.4, 0.5) is 4.39 Å². The third-order valence-corrected chi connectivity index (χ3v) is 3.96. The number of aromatic amines is 1. The second kappa shape index (κ2) is 5.33. The van der Waals surface area contributed by atoms with Gasteiger partial charge >= 0.3 is 0 Å². The maximum absolute atomic E-state index is 13.6. The van der Waals surface area contributed by atoms with Crippen LogP contribution < -0.4 is 4.74 Å². The van der Waals surface area contributed by atoms with E-state index in [1.165, 1.54) is 12.1 Å². The smallest absolute Gasteiger partial charge is 0.195 e. The highest BCUT2D eigenvalue weighted by Crippen LogP contribution is 2.30. The summed E-state index contributed by atoms with van der Waals surface area (Å²) >= 11 is 3.08. The summed E-state index contributed by atoms with van der Waals surface area (Å²) in [6.07, 6.45) is 1.62. The van der Waals surface area contributed by atoms with E-state index in [4.69, 9.17) is 4.74 Å². The zero-order chi connectivity index (χ0) is 15.0. The standard InChI is InChI=1S/C16H11BrFNO2/c1-21-14-4-2-3-13-15(14)10(8-19-13)16(20)9-5-6-11(17)12(18)7-9/h2-8,19H,1H3. The maximum Gasteiger partial charge on any atom is 0.195 e. The maximum atomic E-state index is 13.6. The summed E-state index contributed by atoms with van der Waals surface area (Å²) in [7, 11) is 1.55. The Hall–Kier alpha value is -2.14. The molecule has 0 radical (unpaired) electrons. The fourth-order valence-electron chi connectivity index (χ4n) is 2.29. The van der Waals surface area contributed by atoms with Crippen LogP contribution in [0.3, 0.4) is 0 Å². The Morgan fingerprint density at radius 2 is 2.10 bits per heavy atom. The van der Waals surface area contributed by atoms with Gasteiger partial charge in [0.25, 0.3) is 0 Å². The monoisotopic (exact) mass is 347 g/mol. The Labute approximate surface area is 128 Å². The Morgan fingerprint density at radius 1 is 1.29 bits per heavy atom. The first kappa shape index (κ1) is 13.8. The molecule has 3 nitrogen and oxygen atoms in total. The van der Waals surface area contributed by atoms with Gasteiger partial charge in [-0.15, -0.1) is 0 Å². The Kier molecular flexibility index (Phi) is 3.51. The molecule has 1 heterocycles. The number of ketones is 1. The van der Waals surface area contributed by atoms with E-state index in [1.54, 1.807) is 25.4 Å². The molecule has 0 bridgehead atoms. The van der Waals surface area contributed by atoms with Gasteiger partial charge in [0.15, 0.2) is 5.78 Å². The molecule has 1 aromatic heterocycles. The lowest BCUT2D eigenvalue weighted by Crippen LogP contribution is -2.01. The van der Waals surface area contributed by atoms with E-state index in [9.17, 15) is 9.18 Å². The summed E-state index contributed by atoms with van der Waals surface area (Å²) in [6, 6.07) is 9.82. The molecule has 0 fully saturated rings. The highest BCUT2D eigenvalue weighted by atomic mass is 79.9. The number of carbonyl (C=O) groups excluding carboxylic acids is 1. The lowest BCUT2D eigenvalue weighted by molar-refractivity contribution is 0.103. The topological polar surface area (TPSA) is 42.1 Å². The van der Waals surface area contributed by atoms with E-state index >= 15 is 0 Å². The fourth-order valence-corrected chi connectivity index (χ4v) is 2.54. The quantitative estimate of drug-likeness (QED) is 0.717. The molecule has 0 aliphatic carbocycles. The first-order valence-corrected chi connectivity index (χ1v) is 7.05. The SMILES string of the molecule is COc1cccc2[nH]cc(C(=O)c3ccc(Br)c(F)c3)c12. The van der Waals surface area contributed by atoms with Gasteiger partial charge in [-0.25, -0.2) is 4.39 Å². The third-order valence-electron chi connectivity index (χ3n) is 3.31. The number of aromatic nitrogens is 1. The van der Waals surface area contributed by atoms with Crippen molar-refractivity contribution in [3.63, 3.8) is 0 Å². The number of rotatable bonds is 3. The Morgan fingerprint density at radius 3 is 2.81 bits per heavy atom. The highest BCUT2D eigenvalue weighted by Gasteiger charge is 2.18. The lowest BCUT2D eigenvalue weighted by Gasteiger charge is -2.05. The van der Waals surface area contributed by atoms with E-state index in [-0.39, 0.29) is 5.78 Å². The molecule has 0 unspecified atom stereocenters. The van der Waals surface area contributed by atoms with E-state index < -0.39 is 5.82 Å². The van der Waals surface area contributed by atoms with Crippen molar-refractivity contribution >= 4 is 32.6 Å². The van der Waals surface area contributed by atoms with Crippen LogP contribution in [0, 0.1) is 5.82 Å². The van der Waals surface area contributed by atoms with Crippen LogP contribution in [0.15, 0.2) is 47.1 Å². The molecule has 21 heavy (non-hydrogen) atoms. The molecule has 5 heteroatoms. The van der Waals surface area contributed by atoms with Crippen molar-refractivity contribution in [2.75, 3.05) is 7.11 Å². The Balaban J connectivity index is 2.15. The number of ether oxygens (including phenoxy) is 1. The van der Waals surface area contributed by atoms with Gasteiger partial charge in [-0.1, -0.05) is 6.07 Å². The van der Waals surface area contributed by atoms with Crippen LogP contribution in [0.25, 0.3) is 10.9 Å². The van der Waals surface area contributed by atoms with Gasteiger partial charge in [0.05, 0.1) is 22.5 Å². The zero-order valence-corrected chi connectivity index (χ0v) is 12.7. The van der Waals surface area contributed by atoms with Crippen LogP contribution in [0.5, 0.6) is 5.75 Å². The molecular formula is C16H11BrFNO2. The molecular weight excluding hydrogens is 337 g/mol. The summed E-state index contributed by atoms with van der Waals surface area (Å²) in [5, 5.41) is 0.702. The molecule has 0 atom stereocenters. The minimum Gasteiger partial charge on any atom is -0.496 e. The van der Waals surface area contributed by atoms with Crippen LogP contribution in [0.1, 0.15) is 15.9 Å². The molecule has 3 aromatic rings. The van der Waals surface area contributed by atoms with Crippen LogP contribution in [-0.2, 0) is 0 Å². The number of carbonyl (C=O) groups is 1. The van der Waals surface area contributed by atoms with Crippen molar-refractivity contribution < 1.29 is 13.9 Å². The predicted octanol–water partition coefficient (Wildman–Crippen LogP) is 4.31. The first-order valence-electron chi connectivity index (χ1n) is 6.25. The van der Waals surface area contributed by atoms with E-state index in [0.29, 0.717) is 26.7 Å². The first-order chi connectivity index (χ1) is 10.1. The average Bonchev–Trinajstić information content (AvgIpc) is 2.93. The van der Waals surface area contributed by atoms with E-state index in [2.05, 4.69) is 20.9 Å². The average molecular weight is 348 g/mol. The van der Waals surface area contributed by atoms with Crippen molar-refractivity contribution in [2.24, 2.45) is 0 Å². The van der Waals surface area contributed by atoms with Gasteiger partial charge in [0.1, 0.15) is 11.6 Å². The van der Waals surface area contributed by atoms with Gasteiger partial charge in [-0.3, -0.25) is 4.79 Å². The number of nitrogens with one attached hydrogen (secondary N) is 1. The second-order valence-electron chi connectivity index (χ2n) is 4.54. The molecule has 0 amide bonds. The van der Waals surface area contributed by atoms with Gasteiger partial charge < -0.3 is 9.72 Å². The largest absolute Gasteiger partial charge is 0.496 e.